The van der Waals surface area contributed by atoms with Gasteiger partial charge in [0.15, 0.2) is 17.2 Å². The number of nitro groups is 1. The molecule has 0 spiro atoms. The second-order valence-electron chi connectivity index (χ2n) is 3.79. The minimum Gasteiger partial charge on any atom is -0.397 e. The summed E-state index contributed by atoms with van der Waals surface area (Å²) in [4.78, 5) is 25.7. The van der Waals surface area contributed by atoms with Crippen LogP contribution in [0, 0.1) is 15.9 Å². The third-order valence-corrected chi connectivity index (χ3v) is 2.48. The molecule has 8 heteroatoms. The fourth-order valence-electron chi connectivity index (χ4n) is 1.57. The molecule has 3 N–H and O–H groups in total. The van der Waals surface area contributed by atoms with Crippen LogP contribution < -0.4 is 11.1 Å². The van der Waals surface area contributed by atoms with Gasteiger partial charge in [-0.1, -0.05) is 6.07 Å². The Balaban J connectivity index is 2.38. The summed E-state index contributed by atoms with van der Waals surface area (Å²) in [6.07, 6.45) is 1.33. The predicted molar refractivity (Wildman–Crippen MR) is 69.7 cm³/mol. The smallest absolute Gasteiger partial charge is 0.295 e. The molecular weight excluding hydrogens is 267 g/mol. The minimum atomic E-state index is -0.915. The number of aromatic nitrogens is 1. The van der Waals surface area contributed by atoms with Gasteiger partial charge in [0, 0.05) is 12.3 Å². The number of carbonyl (C=O) groups is 1. The molecule has 0 saturated carbocycles. The monoisotopic (exact) mass is 276 g/mol. The third kappa shape index (κ3) is 2.53. The number of benzene rings is 1. The molecule has 102 valence electrons. The van der Waals surface area contributed by atoms with Crippen molar-refractivity contribution in [2.24, 2.45) is 0 Å². The van der Waals surface area contributed by atoms with E-state index in [1.165, 1.54) is 24.4 Å². The molecule has 1 aromatic carbocycles. The van der Waals surface area contributed by atoms with E-state index >= 15 is 0 Å². The molecule has 0 saturated heterocycles. The number of hydrogen-bond acceptors (Lipinski definition) is 5. The zero-order valence-electron chi connectivity index (χ0n) is 10.0. The Morgan fingerprint density at radius 2 is 2.10 bits per heavy atom. The molecule has 0 aliphatic rings. The van der Waals surface area contributed by atoms with Gasteiger partial charge in [-0.15, -0.1) is 0 Å². The van der Waals surface area contributed by atoms with Gasteiger partial charge in [-0.3, -0.25) is 14.9 Å². The fraction of sp³-hybridized carbons (Fsp3) is 0. The van der Waals surface area contributed by atoms with Crippen LogP contribution >= 0.6 is 0 Å². The highest BCUT2D eigenvalue weighted by Gasteiger charge is 2.21. The molecule has 1 heterocycles. The first-order chi connectivity index (χ1) is 9.50. The van der Waals surface area contributed by atoms with E-state index in [9.17, 15) is 19.3 Å². The highest BCUT2D eigenvalue weighted by molar-refractivity contribution is 6.07. The fourth-order valence-corrected chi connectivity index (χ4v) is 1.57. The standard InChI is InChI=1S/C12H9FN4O3/c13-7-3-1-5-9(17(19)20)10(7)16-12(18)11-8(14)4-2-6-15-11/h1-6H,14H2,(H,16,18). The van der Waals surface area contributed by atoms with Crippen molar-refractivity contribution >= 4 is 23.0 Å². The lowest BCUT2D eigenvalue weighted by Gasteiger charge is -2.07. The summed E-state index contributed by atoms with van der Waals surface area (Å²) in [5.41, 5.74) is 4.44. The quantitative estimate of drug-likeness (QED) is 0.657. The normalized spacial score (nSPS) is 10.1. The summed E-state index contributed by atoms with van der Waals surface area (Å²) in [5, 5.41) is 12.9. The molecule has 1 amide bonds. The van der Waals surface area contributed by atoms with Crippen molar-refractivity contribution in [3.8, 4) is 0 Å². The lowest BCUT2D eigenvalue weighted by atomic mass is 10.2. The van der Waals surface area contributed by atoms with Gasteiger partial charge in [-0.2, -0.15) is 0 Å². The lowest BCUT2D eigenvalue weighted by molar-refractivity contribution is -0.384. The maximum atomic E-state index is 13.6. The number of carbonyl (C=O) groups excluding carboxylic acids is 1. The maximum Gasteiger partial charge on any atom is 0.295 e. The molecule has 0 aliphatic carbocycles. The second kappa shape index (κ2) is 5.31. The van der Waals surface area contributed by atoms with Crippen LogP contribution in [0.3, 0.4) is 0 Å². The Bertz CT molecular complexity index is 690. The molecule has 2 rings (SSSR count). The topological polar surface area (TPSA) is 111 Å². The molecule has 0 atom stereocenters. The Morgan fingerprint density at radius 1 is 1.35 bits per heavy atom. The molecule has 0 unspecified atom stereocenters. The first-order valence-corrected chi connectivity index (χ1v) is 5.45. The van der Waals surface area contributed by atoms with E-state index in [2.05, 4.69) is 10.3 Å². The van der Waals surface area contributed by atoms with E-state index in [1.807, 2.05) is 0 Å². The van der Waals surface area contributed by atoms with Crippen LogP contribution in [0.25, 0.3) is 0 Å². The molecule has 20 heavy (non-hydrogen) atoms. The van der Waals surface area contributed by atoms with Crippen molar-refractivity contribution < 1.29 is 14.1 Å². The average molecular weight is 276 g/mol. The molecule has 7 nitrogen and oxygen atoms in total. The van der Waals surface area contributed by atoms with Gasteiger partial charge in [0.25, 0.3) is 11.6 Å². The highest BCUT2D eigenvalue weighted by Crippen LogP contribution is 2.27. The zero-order valence-corrected chi connectivity index (χ0v) is 10.0. The number of para-hydroxylation sites is 1. The van der Waals surface area contributed by atoms with Crippen LogP contribution in [0.1, 0.15) is 10.5 Å². The summed E-state index contributed by atoms with van der Waals surface area (Å²) in [6.45, 7) is 0. The van der Waals surface area contributed by atoms with Crippen LogP contribution in [0.2, 0.25) is 0 Å². The van der Waals surface area contributed by atoms with Gasteiger partial charge >= 0.3 is 0 Å². The van der Waals surface area contributed by atoms with Gasteiger partial charge in [0.2, 0.25) is 0 Å². The summed E-state index contributed by atoms with van der Waals surface area (Å²) in [5.74, 6) is -1.74. The molecule has 0 radical (unpaired) electrons. The van der Waals surface area contributed by atoms with Crippen molar-refractivity contribution in [3.05, 3.63) is 58.2 Å². The first kappa shape index (κ1) is 13.4. The number of amides is 1. The lowest BCUT2D eigenvalue weighted by Crippen LogP contribution is -2.17. The van der Waals surface area contributed by atoms with Crippen LogP contribution in [-0.4, -0.2) is 15.8 Å². The van der Waals surface area contributed by atoms with Gasteiger partial charge in [-0.25, -0.2) is 9.37 Å². The molecule has 1 aromatic heterocycles. The number of nitro benzene ring substituents is 1. The van der Waals surface area contributed by atoms with Crippen LogP contribution in [-0.2, 0) is 0 Å². The van der Waals surface area contributed by atoms with E-state index in [1.54, 1.807) is 0 Å². The summed E-state index contributed by atoms with van der Waals surface area (Å²) in [6, 6.07) is 6.23. The zero-order chi connectivity index (χ0) is 14.7. The summed E-state index contributed by atoms with van der Waals surface area (Å²) in [7, 11) is 0. The van der Waals surface area contributed by atoms with Gasteiger partial charge in [0.05, 0.1) is 10.6 Å². The maximum absolute atomic E-state index is 13.6. The van der Waals surface area contributed by atoms with Crippen molar-refractivity contribution in [1.82, 2.24) is 4.98 Å². The number of rotatable bonds is 3. The number of hydrogen-bond donors (Lipinski definition) is 2. The van der Waals surface area contributed by atoms with Gasteiger partial charge < -0.3 is 11.1 Å². The van der Waals surface area contributed by atoms with E-state index < -0.39 is 28.0 Å². The second-order valence-corrected chi connectivity index (χ2v) is 3.79. The number of nitrogens with two attached hydrogens (primary N) is 1. The van der Waals surface area contributed by atoms with Crippen LogP contribution in [0.4, 0.5) is 21.5 Å². The first-order valence-electron chi connectivity index (χ1n) is 5.45. The largest absolute Gasteiger partial charge is 0.397 e. The Labute approximate surface area is 112 Å². The van der Waals surface area contributed by atoms with Gasteiger partial charge in [0.1, 0.15) is 0 Å². The van der Waals surface area contributed by atoms with Crippen LogP contribution in [0.15, 0.2) is 36.5 Å². The number of nitrogens with zero attached hydrogens (tertiary/aromatic N) is 2. The van der Waals surface area contributed by atoms with Crippen LogP contribution in [0.5, 0.6) is 0 Å². The van der Waals surface area contributed by atoms with Crippen molar-refractivity contribution in [3.63, 3.8) is 0 Å². The third-order valence-electron chi connectivity index (χ3n) is 2.48. The Kier molecular flexibility index (Phi) is 3.56. The molecular formula is C12H9FN4O3. The van der Waals surface area contributed by atoms with Gasteiger partial charge in [-0.05, 0) is 18.2 Å². The summed E-state index contributed by atoms with van der Waals surface area (Å²) < 4.78 is 13.6. The van der Waals surface area contributed by atoms with Crippen molar-refractivity contribution in [2.45, 2.75) is 0 Å². The molecule has 0 fully saturated rings. The van der Waals surface area contributed by atoms with E-state index in [0.29, 0.717) is 0 Å². The average Bonchev–Trinajstić information content (AvgIpc) is 2.41. The minimum absolute atomic E-state index is 0.0870. The number of halogens is 1. The number of anilines is 2. The number of pyridine rings is 1. The highest BCUT2D eigenvalue weighted by atomic mass is 19.1. The Hall–Kier alpha value is -3.03. The van der Waals surface area contributed by atoms with Crippen molar-refractivity contribution in [1.29, 1.82) is 0 Å². The van der Waals surface area contributed by atoms with E-state index in [0.717, 1.165) is 12.1 Å². The number of nitrogen functional groups attached to an aromatic ring is 1. The Morgan fingerprint density at radius 3 is 2.75 bits per heavy atom. The molecule has 0 aliphatic heterocycles. The van der Waals surface area contributed by atoms with E-state index in [-0.39, 0.29) is 11.4 Å². The number of nitrogens with one attached hydrogen (secondary N) is 1. The summed E-state index contributed by atoms with van der Waals surface area (Å²) >= 11 is 0. The van der Waals surface area contributed by atoms with E-state index in [4.69, 9.17) is 5.73 Å². The molecule has 2 aromatic rings. The predicted octanol–water partition coefficient (Wildman–Crippen LogP) is 1.96. The SMILES string of the molecule is Nc1cccnc1C(=O)Nc1c(F)cccc1[N+](=O)[O-]. The molecule has 0 bridgehead atoms. The van der Waals surface area contributed by atoms with Crippen molar-refractivity contribution in [2.75, 3.05) is 11.1 Å².